The Kier molecular flexibility index (Phi) is 2.83. The van der Waals surface area contributed by atoms with Crippen LogP contribution in [-0.2, 0) is 6.42 Å². The highest BCUT2D eigenvalue weighted by Crippen LogP contribution is 2.43. The number of benzene rings is 1. The Morgan fingerprint density at radius 1 is 1.27 bits per heavy atom. The summed E-state index contributed by atoms with van der Waals surface area (Å²) in [6.07, 6.45) is 5.17. The second-order valence-corrected chi connectivity index (χ2v) is 5.16. The van der Waals surface area contributed by atoms with E-state index in [-0.39, 0.29) is 0 Å². The molecule has 0 bridgehead atoms. The molecule has 1 aromatic carbocycles. The van der Waals surface area contributed by atoms with E-state index in [0.29, 0.717) is 5.41 Å². The molecule has 0 radical (unpaired) electrons. The van der Waals surface area contributed by atoms with E-state index in [0.717, 1.165) is 6.54 Å². The maximum absolute atomic E-state index is 5.90. The van der Waals surface area contributed by atoms with E-state index < -0.39 is 0 Å². The van der Waals surface area contributed by atoms with E-state index in [1.165, 1.54) is 42.4 Å². The highest BCUT2D eigenvalue weighted by atomic mass is 14.6. The highest BCUT2D eigenvalue weighted by Gasteiger charge is 2.35. The van der Waals surface area contributed by atoms with Gasteiger partial charge in [0.15, 0.2) is 0 Å². The van der Waals surface area contributed by atoms with Crippen molar-refractivity contribution in [3.63, 3.8) is 0 Å². The van der Waals surface area contributed by atoms with Crippen molar-refractivity contribution in [2.24, 2.45) is 11.1 Å². The summed E-state index contributed by atoms with van der Waals surface area (Å²) in [5.41, 5.74) is 10.6. The van der Waals surface area contributed by atoms with E-state index in [4.69, 9.17) is 5.73 Å². The number of rotatable bonds is 3. The van der Waals surface area contributed by atoms with Crippen LogP contribution in [0.4, 0.5) is 0 Å². The summed E-state index contributed by atoms with van der Waals surface area (Å²) in [5.74, 6) is 0. The van der Waals surface area contributed by atoms with Crippen LogP contribution in [-0.4, -0.2) is 6.54 Å². The molecule has 1 saturated carbocycles. The molecule has 1 aliphatic rings. The lowest BCUT2D eigenvalue weighted by atomic mass is 9.65. The van der Waals surface area contributed by atoms with Gasteiger partial charge in [-0.1, -0.05) is 30.2 Å². The second kappa shape index (κ2) is 3.97. The Morgan fingerprint density at radius 2 is 2.00 bits per heavy atom. The molecule has 1 fully saturated rings. The van der Waals surface area contributed by atoms with Crippen LogP contribution in [0.3, 0.4) is 0 Å². The Morgan fingerprint density at radius 3 is 2.53 bits per heavy atom. The molecule has 0 amide bonds. The average Bonchev–Trinajstić information content (AvgIpc) is 2.17. The van der Waals surface area contributed by atoms with Gasteiger partial charge < -0.3 is 5.73 Å². The van der Waals surface area contributed by atoms with Crippen LogP contribution in [0.15, 0.2) is 18.2 Å². The van der Waals surface area contributed by atoms with Crippen LogP contribution in [0.1, 0.15) is 36.0 Å². The van der Waals surface area contributed by atoms with Crippen LogP contribution in [0, 0.1) is 19.3 Å². The zero-order valence-electron chi connectivity index (χ0n) is 9.84. The zero-order chi connectivity index (χ0) is 10.9. The molecule has 0 atom stereocenters. The molecule has 1 aromatic rings. The maximum Gasteiger partial charge on any atom is -0.00173 e. The molecule has 82 valence electrons. The van der Waals surface area contributed by atoms with Crippen molar-refractivity contribution in [1.29, 1.82) is 0 Å². The standard InChI is InChI=1S/C14H21N/c1-11-4-5-12(2)13(8-11)9-14(10-15)6-3-7-14/h4-5,8H,3,6-7,9-10,15H2,1-2H3. The van der Waals surface area contributed by atoms with Gasteiger partial charge in [-0.05, 0) is 56.2 Å². The predicted molar refractivity (Wildman–Crippen MR) is 65.0 cm³/mol. The number of nitrogens with two attached hydrogens (primary N) is 1. The molecule has 0 spiro atoms. The topological polar surface area (TPSA) is 26.0 Å². The van der Waals surface area contributed by atoms with E-state index in [2.05, 4.69) is 32.0 Å². The summed E-state index contributed by atoms with van der Waals surface area (Å²) in [6.45, 7) is 5.22. The lowest BCUT2D eigenvalue weighted by Crippen LogP contribution is -2.39. The van der Waals surface area contributed by atoms with Crippen LogP contribution in [0.2, 0.25) is 0 Å². The fourth-order valence-electron chi connectivity index (χ4n) is 2.52. The van der Waals surface area contributed by atoms with Crippen molar-refractivity contribution in [1.82, 2.24) is 0 Å². The molecule has 0 aromatic heterocycles. The number of hydrogen-bond donors (Lipinski definition) is 1. The quantitative estimate of drug-likeness (QED) is 0.803. The van der Waals surface area contributed by atoms with Gasteiger partial charge in [-0.25, -0.2) is 0 Å². The van der Waals surface area contributed by atoms with Gasteiger partial charge >= 0.3 is 0 Å². The van der Waals surface area contributed by atoms with E-state index in [1.54, 1.807) is 0 Å². The van der Waals surface area contributed by atoms with Crippen molar-refractivity contribution >= 4 is 0 Å². The maximum atomic E-state index is 5.90. The molecule has 1 aliphatic carbocycles. The number of aryl methyl sites for hydroxylation is 2. The predicted octanol–water partition coefficient (Wildman–Crippen LogP) is 2.97. The summed E-state index contributed by atoms with van der Waals surface area (Å²) >= 11 is 0. The van der Waals surface area contributed by atoms with Crippen molar-refractivity contribution in [2.75, 3.05) is 6.54 Å². The van der Waals surface area contributed by atoms with Gasteiger partial charge in [-0.15, -0.1) is 0 Å². The van der Waals surface area contributed by atoms with Crippen LogP contribution >= 0.6 is 0 Å². The van der Waals surface area contributed by atoms with Gasteiger partial charge in [-0.2, -0.15) is 0 Å². The fraction of sp³-hybridized carbons (Fsp3) is 0.571. The first-order valence-corrected chi connectivity index (χ1v) is 5.91. The molecule has 0 aliphatic heterocycles. The minimum atomic E-state index is 0.429. The van der Waals surface area contributed by atoms with Crippen LogP contribution in [0.5, 0.6) is 0 Å². The van der Waals surface area contributed by atoms with Crippen molar-refractivity contribution in [3.8, 4) is 0 Å². The van der Waals surface area contributed by atoms with Crippen molar-refractivity contribution in [2.45, 2.75) is 39.5 Å². The highest BCUT2D eigenvalue weighted by molar-refractivity contribution is 5.31. The van der Waals surface area contributed by atoms with Gasteiger partial charge in [0, 0.05) is 0 Å². The zero-order valence-corrected chi connectivity index (χ0v) is 9.84. The Bertz CT molecular complexity index is 345. The summed E-state index contributed by atoms with van der Waals surface area (Å²) in [5, 5.41) is 0. The van der Waals surface area contributed by atoms with Crippen molar-refractivity contribution < 1.29 is 0 Å². The minimum absolute atomic E-state index is 0.429. The normalized spacial score (nSPS) is 18.6. The fourth-order valence-corrected chi connectivity index (χ4v) is 2.52. The lowest BCUT2D eigenvalue weighted by Gasteiger charge is -2.41. The SMILES string of the molecule is Cc1ccc(C)c(CC2(CN)CCC2)c1. The number of hydrogen-bond acceptors (Lipinski definition) is 1. The smallest absolute Gasteiger partial charge is 0.00173 e. The molecule has 2 rings (SSSR count). The van der Waals surface area contributed by atoms with Gasteiger partial charge in [0.2, 0.25) is 0 Å². The molecule has 0 unspecified atom stereocenters. The molecule has 1 heteroatoms. The lowest BCUT2D eigenvalue weighted by molar-refractivity contribution is 0.144. The molecule has 2 N–H and O–H groups in total. The first-order chi connectivity index (χ1) is 7.15. The van der Waals surface area contributed by atoms with Gasteiger partial charge in [0.25, 0.3) is 0 Å². The minimum Gasteiger partial charge on any atom is -0.330 e. The summed E-state index contributed by atoms with van der Waals surface area (Å²) < 4.78 is 0. The largest absolute Gasteiger partial charge is 0.330 e. The van der Waals surface area contributed by atoms with Gasteiger partial charge in [0.05, 0.1) is 0 Å². The monoisotopic (exact) mass is 203 g/mol. The van der Waals surface area contributed by atoms with E-state index in [9.17, 15) is 0 Å². The van der Waals surface area contributed by atoms with Crippen molar-refractivity contribution in [3.05, 3.63) is 34.9 Å². The first kappa shape index (κ1) is 10.7. The van der Waals surface area contributed by atoms with E-state index in [1.807, 2.05) is 0 Å². The van der Waals surface area contributed by atoms with Gasteiger partial charge in [-0.3, -0.25) is 0 Å². The van der Waals surface area contributed by atoms with Crippen LogP contribution in [0.25, 0.3) is 0 Å². The molecule has 1 nitrogen and oxygen atoms in total. The third-order valence-corrected chi connectivity index (χ3v) is 3.92. The molecular weight excluding hydrogens is 182 g/mol. The van der Waals surface area contributed by atoms with Crippen LogP contribution < -0.4 is 5.73 Å². The summed E-state index contributed by atoms with van der Waals surface area (Å²) in [7, 11) is 0. The molecule has 0 saturated heterocycles. The second-order valence-electron chi connectivity index (χ2n) is 5.16. The first-order valence-electron chi connectivity index (χ1n) is 5.91. The average molecular weight is 203 g/mol. The Hall–Kier alpha value is -0.820. The van der Waals surface area contributed by atoms with E-state index >= 15 is 0 Å². The third-order valence-electron chi connectivity index (χ3n) is 3.92. The molecule has 0 heterocycles. The Balaban J connectivity index is 2.19. The Labute approximate surface area is 92.7 Å². The third kappa shape index (κ3) is 2.07. The molecular formula is C14H21N. The summed E-state index contributed by atoms with van der Waals surface area (Å²) in [6, 6.07) is 6.74. The molecule has 15 heavy (non-hydrogen) atoms. The summed E-state index contributed by atoms with van der Waals surface area (Å²) in [4.78, 5) is 0. The van der Waals surface area contributed by atoms with Gasteiger partial charge in [0.1, 0.15) is 0 Å².